The van der Waals surface area contributed by atoms with Crippen LogP contribution in [-0.2, 0) is 6.61 Å². The SMILES string of the molecule is CCSc1nnc(-c2ccco2)n1/N=C\c1ccc(COc2ccccc2C)o1. The van der Waals surface area contributed by atoms with Crippen molar-refractivity contribution >= 4 is 18.0 Å². The first-order chi connectivity index (χ1) is 14.2. The molecule has 0 N–H and O–H groups in total. The monoisotopic (exact) mass is 408 g/mol. The normalized spacial score (nSPS) is 11.4. The Balaban J connectivity index is 1.50. The fourth-order valence-corrected chi connectivity index (χ4v) is 3.28. The van der Waals surface area contributed by atoms with E-state index in [0.717, 1.165) is 17.1 Å². The van der Waals surface area contributed by atoms with Crippen molar-refractivity contribution in [1.29, 1.82) is 0 Å². The summed E-state index contributed by atoms with van der Waals surface area (Å²) in [5, 5.41) is 13.6. The van der Waals surface area contributed by atoms with Crippen LogP contribution in [0.25, 0.3) is 11.6 Å². The van der Waals surface area contributed by atoms with E-state index in [1.165, 1.54) is 0 Å². The van der Waals surface area contributed by atoms with Gasteiger partial charge >= 0.3 is 0 Å². The van der Waals surface area contributed by atoms with Gasteiger partial charge in [-0.15, -0.1) is 10.2 Å². The summed E-state index contributed by atoms with van der Waals surface area (Å²) in [4.78, 5) is 0. The molecular weight excluding hydrogens is 388 g/mol. The van der Waals surface area contributed by atoms with Crippen molar-refractivity contribution in [2.24, 2.45) is 5.10 Å². The molecule has 0 aliphatic heterocycles. The Hall–Kier alpha value is -3.26. The zero-order valence-electron chi connectivity index (χ0n) is 16.1. The first-order valence-electron chi connectivity index (χ1n) is 9.18. The number of para-hydroxylation sites is 1. The molecule has 3 heterocycles. The van der Waals surface area contributed by atoms with Crippen molar-refractivity contribution in [3.05, 3.63) is 71.9 Å². The first kappa shape index (κ1) is 19.1. The zero-order chi connectivity index (χ0) is 20.1. The van der Waals surface area contributed by atoms with Gasteiger partial charge in [0.05, 0.1) is 12.5 Å². The van der Waals surface area contributed by atoms with E-state index in [0.29, 0.717) is 34.9 Å². The first-order valence-corrected chi connectivity index (χ1v) is 10.2. The summed E-state index contributed by atoms with van der Waals surface area (Å²) in [6.07, 6.45) is 3.23. The molecule has 0 amide bonds. The molecule has 0 aliphatic rings. The van der Waals surface area contributed by atoms with Crippen LogP contribution in [0.5, 0.6) is 5.75 Å². The number of hydrogen-bond acceptors (Lipinski definition) is 7. The smallest absolute Gasteiger partial charge is 0.221 e. The fraction of sp³-hybridized carbons (Fsp3) is 0.190. The van der Waals surface area contributed by atoms with E-state index in [9.17, 15) is 0 Å². The van der Waals surface area contributed by atoms with E-state index >= 15 is 0 Å². The van der Waals surface area contributed by atoms with Crippen molar-refractivity contribution in [1.82, 2.24) is 14.9 Å². The molecule has 3 aromatic heterocycles. The maximum atomic E-state index is 5.83. The van der Waals surface area contributed by atoms with E-state index in [-0.39, 0.29) is 0 Å². The fourth-order valence-electron chi connectivity index (χ4n) is 2.67. The topological polar surface area (TPSA) is 78.6 Å². The highest BCUT2D eigenvalue weighted by atomic mass is 32.2. The predicted octanol–water partition coefficient (Wildman–Crippen LogP) is 5.01. The Morgan fingerprint density at radius 3 is 2.83 bits per heavy atom. The van der Waals surface area contributed by atoms with Crippen LogP contribution >= 0.6 is 11.8 Å². The number of hydrogen-bond donors (Lipinski definition) is 0. The average molecular weight is 408 g/mol. The van der Waals surface area contributed by atoms with E-state index < -0.39 is 0 Å². The summed E-state index contributed by atoms with van der Waals surface area (Å²) in [6.45, 7) is 4.41. The third-order valence-corrected chi connectivity index (χ3v) is 4.87. The lowest BCUT2D eigenvalue weighted by Crippen LogP contribution is -1.96. The standard InChI is InChI=1S/C21H20N4O3S/c1-3-29-21-24-23-20(19-9-6-12-26-19)25(21)22-13-16-10-11-17(28-16)14-27-18-8-5-4-7-15(18)2/h4-13H,3,14H2,1-2H3/b22-13-. The van der Waals surface area contributed by atoms with Crippen LogP contribution < -0.4 is 4.74 Å². The maximum Gasteiger partial charge on any atom is 0.221 e. The van der Waals surface area contributed by atoms with Gasteiger partial charge in [0.2, 0.25) is 11.0 Å². The van der Waals surface area contributed by atoms with Gasteiger partial charge in [-0.2, -0.15) is 9.78 Å². The third-order valence-electron chi connectivity index (χ3n) is 4.07. The summed E-state index contributed by atoms with van der Waals surface area (Å²) in [7, 11) is 0. The van der Waals surface area contributed by atoms with Crippen molar-refractivity contribution in [3.63, 3.8) is 0 Å². The molecule has 1 aromatic carbocycles. The predicted molar refractivity (Wildman–Crippen MR) is 111 cm³/mol. The minimum atomic E-state index is 0.347. The van der Waals surface area contributed by atoms with Crippen molar-refractivity contribution < 1.29 is 13.6 Å². The lowest BCUT2D eigenvalue weighted by molar-refractivity contribution is 0.268. The van der Waals surface area contributed by atoms with Crippen LogP contribution in [0.2, 0.25) is 0 Å². The molecule has 8 heteroatoms. The number of benzene rings is 1. The Labute approximate surface area is 172 Å². The van der Waals surface area contributed by atoms with E-state index in [4.69, 9.17) is 13.6 Å². The molecule has 4 rings (SSSR count). The molecule has 0 aliphatic carbocycles. The van der Waals surface area contributed by atoms with Crippen LogP contribution in [0.1, 0.15) is 24.0 Å². The second-order valence-electron chi connectivity index (χ2n) is 6.13. The summed E-state index contributed by atoms with van der Waals surface area (Å²) in [5.41, 5.74) is 1.08. The maximum absolute atomic E-state index is 5.83. The molecule has 7 nitrogen and oxygen atoms in total. The number of thioether (sulfide) groups is 1. The number of ether oxygens (including phenoxy) is 1. The Morgan fingerprint density at radius 1 is 1.14 bits per heavy atom. The second-order valence-corrected chi connectivity index (χ2v) is 7.36. The minimum absolute atomic E-state index is 0.347. The van der Waals surface area contributed by atoms with Gasteiger partial charge in [0, 0.05) is 0 Å². The summed E-state index contributed by atoms with van der Waals surface area (Å²) < 4.78 is 18.7. The average Bonchev–Trinajstić information content (AvgIpc) is 3.47. The highest BCUT2D eigenvalue weighted by molar-refractivity contribution is 7.99. The minimum Gasteiger partial charge on any atom is -0.485 e. The molecule has 0 unspecified atom stereocenters. The molecule has 0 radical (unpaired) electrons. The Kier molecular flexibility index (Phi) is 5.81. The van der Waals surface area contributed by atoms with Gasteiger partial charge in [0.15, 0.2) is 5.76 Å². The highest BCUT2D eigenvalue weighted by Gasteiger charge is 2.15. The molecule has 0 spiro atoms. The third kappa shape index (κ3) is 4.43. The summed E-state index contributed by atoms with van der Waals surface area (Å²) in [5.74, 6) is 4.16. The van der Waals surface area contributed by atoms with Crippen molar-refractivity contribution in [3.8, 4) is 17.3 Å². The number of nitrogens with zero attached hydrogens (tertiary/aromatic N) is 4. The lowest BCUT2D eigenvalue weighted by atomic mass is 10.2. The zero-order valence-corrected chi connectivity index (χ0v) is 16.9. The Bertz CT molecular complexity index is 1100. The van der Waals surface area contributed by atoms with E-state index in [2.05, 4.69) is 15.3 Å². The molecule has 0 saturated carbocycles. The van der Waals surface area contributed by atoms with Gasteiger partial charge in [-0.3, -0.25) is 0 Å². The number of aryl methyl sites for hydroxylation is 1. The highest BCUT2D eigenvalue weighted by Crippen LogP contribution is 2.24. The number of furan rings is 2. The lowest BCUT2D eigenvalue weighted by Gasteiger charge is -2.06. The number of rotatable bonds is 8. The molecule has 29 heavy (non-hydrogen) atoms. The quantitative estimate of drug-likeness (QED) is 0.301. The molecule has 0 bridgehead atoms. The van der Waals surface area contributed by atoms with E-state index in [1.807, 2.05) is 56.3 Å². The summed E-state index contributed by atoms with van der Waals surface area (Å²) in [6, 6.07) is 15.2. The molecule has 148 valence electrons. The Morgan fingerprint density at radius 2 is 2.03 bits per heavy atom. The largest absolute Gasteiger partial charge is 0.485 e. The van der Waals surface area contributed by atoms with Gasteiger partial charge in [-0.1, -0.05) is 36.9 Å². The molecular formula is C21H20N4O3S. The molecule has 4 aromatic rings. The van der Waals surface area contributed by atoms with Crippen LogP contribution in [0.4, 0.5) is 0 Å². The molecule has 0 atom stereocenters. The van der Waals surface area contributed by atoms with Crippen LogP contribution in [-0.4, -0.2) is 26.8 Å². The van der Waals surface area contributed by atoms with Crippen molar-refractivity contribution in [2.75, 3.05) is 5.75 Å². The number of aromatic nitrogens is 3. The van der Waals surface area contributed by atoms with E-state index in [1.54, 1.807) is 35.0 Å². The van der Waals surface area contributed by atoms with Crippen LogP contribution in [0, 0.1) is 6.92 Å². The molecule has 0 saturated heterocycles. The summed E-state index contributed by atoms with van der Waals surface area (Å²) >= 11 is 1.55. The van der Waals surface area contributed by atoms with Crippen molar-refractivity contribution in [2.45, 2.75) is 25.6 Å². The van der Waals surface area contributed by atoms with Gasteiger partial charge in [-0.05, 0) is 48.6 Å². The van der Waals surface area contributed by atoms with Gasteiger partial charge in [0.1, 0.15) is 23.9 Å². The van der Waals surface area contributed by atoms with Gasteiger partial charge < -0.3 is 13.6 Å². The van der Waals surface area contributed by atoms with Gasteiger partial charge in [0.25, 0.3) is 0 Å². The van der Waals surface area contributed by atoms with Crippen LogP contribution in [0.15, 0.2) is 73.9 Å². The van der Waals surface area contributed by atoms with Gasteiger partial charge in [-0.25, -0.2) is 0 Å². The van der Waals surface area contributed by atoms with Crippen LogP contribution in [0.3, 0.4) is 0 Å². The molecule has 0 fully saturated rings. The second kappa shape index (κ2) is 8.83.